The van der Waals surface area contributed by atoms with Gasteiger partial charge in [0.1, 0.15) is 10.7 Å². The number of sulfonamides is 1. The average molecular weight is 284 g/mol. The zero-order chi connectivity index (χ0) is 13.2. The molecule has 0 amide bonds. The van der Waals surface area contributed by atoms with E-state index in [0.29, 0.717) is 5.69 Å². The third-order valence-corrected chi connectivity index (χ3v) is 3.99. The van der Waals surface area contributed by atoms with E-state index in [1.807, 2.05) is 0 Å². The molecule has 0 saturated carbocycles. The summed E-state index contributed by atoms with van der Waals surface area (Å²) >= 11 is 5.86. The molecule has 0 unspecified atom stereocenters. The Morgan fingerprint density at radius 3 is 2.61 bits per heavy atom. The molecule has 0 spiro atoms. The summed E-state index contributed by atoms with van der Waals surface area (Å²) in [5, 5.41) is 0.0680. The SMILES string of the molecule is Nc1ccc(S(=O)(=O)Nc2ccccn2)c(Cl)c1. The van der Waals surface area contributed by atoms with Crippen molar-refractivity contribution >= 4 is 33.1 Å². The van der Waals surface area contributed by atoms with Gasteiger partial charge in [0.2, 0.25) is 0 Å². The standard InChI is InChI=1S/C11H10ClN3O2S/c12-9-7-8(13)4-5-10(9)18(16,17)15-11-3-1-2-6-14-11/h1-7H,13H2,(H,14,15). The number of hydrogen-bond acceptors (Lipinski definition) is 4. The largest absolute Gasteiger partial charge is 0.399 e. The van der Waals surface area contributed by atoms with Gasteiger partial charge in [-0.2, -0.15) is 0 Å². The van der Waals surface area contributed by atoms with Gasteiger partial charge in [0.05, 0.1) is 5.02 Å². The van der Waals surface area contributed by atoms with Gasteiger partial charge < -0.3 is 5.73 Å². The van der Waals surface area contributed by atoms with E-state index in [-0.39, 0.29) is 15.7 Å². The van der Waals surface area contributed by atoms with Crippen LogP contribution < -0.4 is 10.5 Å². The van der Waals surface area contributed by atoms with Crippen molar-refractivity contribution in [1.82, 2.24) is 4.98 Å². The van der Waals surface area contributed by atoms with Crippen LogP contribution in [-0.2, 0) is 10.0 Å². The summed E-state index contributed by atoms with van der Waals surface area (Å²) < 4.78 is 26.4. The zero-order valence-electron chi connectivity index (χ0n) is 9.17. The molecule has 0 fully saturated rings. The van der Waals surface area contributed by atoms with E-state index in [1.165, 1.54) is 24.4 Å². The van der Waals surface area contributed by atoms with Gasteiger partial charge in [-0.25, -0.2) is 13.4 Å². The van der Waals surface area contributed by atoms with Gasteiger partial charge in [0.15, 0.2) is 0 Å². The molecule has 0 aliphatic rings. The van der Waals surface area contributed by atoms with Gasteiger partial charge in [-0.05, 0) is 30.3 Å². The van der Waals surface area contributed by atoms with Crippen molar-refractivity contribution < 1.29 is 8.42 Å². The van der Waals surface area contributed by atoms with Crippen molar-refractivity contribution in [2.24, 2.45) is 0 Å². The quantitative estimate of drug-likeness (QED) is 0.845. The van der Waals surface area contributed by atoms with E-state index in [0.717, 1.165) is 0 Å². The summed E-state index contributed by atoms with van der Waals surface area (Å²) in [6, 6.07) is 9.11. The highest BCUT2D eigenvalue weighted by Gasteiger charge is 2.18. The average Bonchev–Trinajstić information content (AvgIpc) is 2.29. The fourth-order valence-corrected chi connectivity index (χ4v) is 2.91. The summed E-state index contributed by atoms with van der Waals surface area (Å²) in [4.78, 5) is 3.84. The second-order valence-corrected chi connectivity index (χ2v) is 5.57. The molecule has 1 heterocycles. The summed E-state index contributed by atoms with van der Waals surface area (Å²) in [7, 11) is -3.76. The molecule has 0 radical (unpaired) electrons. The van der Waals surface area contributed by atoms with Crippen LogP contribution in [0.2, 0.25) is 5.02 Å². The maximum atomic E-state index is 12.1. The lowest BCUT2D eigenvalue weighted by atomic mass is 10.3. The molecule has 7 heteroatoms. The lowest BCUT2D eigenvalue weighted by molar-refractivity contribution is 0.601. The smallest absolute Gasteiger partial charge is 0.264 e. The topological polar surface area (TPSA) is 85.1 Å². The van der Waals surface area contributed by atoms with Gasteiger partial charge in [0, 0.05) is 11.9 Å². The molecule has 2 rings (SSSR count). The van der Waals surface area contributed by atoms with Crippen molar-refractivity contribution in [3.8, 4) is 0 Å². The van der Waals surface area contributed by atoms with E-state index < -0.39 is 10.0 Å². The Balaban J connectivity index is 2.37. The number of nitrogens with one attached hydrogen (secondary N) is 1. The molecular formula is C11H10ClN3O2S. The van der Waals surface area contributed by atoms with Crippen LogP contribution in [0, 0.1) is 0 Å². The van der Waals surface area contributed by atoms with Crippen LogP contribution in [0.1, 0.15) is 0 Å². The van der Waals surface area contributed by atoms with E-state index in [4.69, 9.17) is 17.3 Å². The van der Waals surface area contributed by atoms with Crippen molar-refractivity contribution in [2.75, 3.05) is 10.5 Å². The van der Waals surface area contributed by atoms with Gasteiger partial charge >= 0.3 is 0 Å². The monoisotopic (exact) mass is 283 g/mol. The summed E-state index contributed by atoms with van der Waals surface area (Å²) in [5.41, 5.74) is 5.91. The number of nitrogen functional groups attached to an aromatic ring is 1. The Hall–Kier alpha value is -1.79. The predicted octanol–water partition coefficient (Wildman–Crippen LogP) is 2.12. The number of pyridine rings is 1. The third kappa shape index (κ3) is 2.72. The Morgan fingerprint density at radius 1 is 1.22 bits per heavy atom. The Labute approximate surface area is 110 Å². The van der Waals surface area contributed by atoms with Gasteiger partial charge in [-0.1, -0.05) is 17.7 Å². The highest BCUT2D eigenvalue weighted by Crippen LogP contribution is 2.25. The van der Waals surface area contributed by atoms with Crippen molar-refractivity contribution in [3.63, 3.8) is 0 Å². The predicted molar refractivity (Wildman–Crippen MR) is 70.9 cm³/mol. The van der Waals surface area contributed by atoms with Crippen LogP contribution in [0.25, 0.3) is 0 Å². The molecule has 1 aromatic heterocycles. The molecule has 94 valence electrons. The van der Waals surface area contributed by atoms with Gasteiger partial charge in [-0.15, -0.1) is 0 Å². The molecule has 0 aliphatic heterocycles. The maximum Gasteiger partial charge on any atom is 0.264 e. The molecule has 0 saturated heterocycles. The Kier molecular flexibility index (Phi) is 3.40. The first kappa shape index (κ1) is 12.7. The van der Waals surface area contributed by atoms with Crippen LogP contribution in [-0.4, -0.2) is 13.4 Å². The molecule has 1 aromatic carbocycles. The minimum Gasteiger partial charge on any atom is -0.399 e. The first-order valence-electron chi connectivity index (χ1n) is 4.98. The van der Waals surface area contributed by atoms with Crippen LogP contribution >= 0.6 is 11.6 Å². The highest BCUT2D eigenvalue weighted by atomic mass is 35.5. The second kappa shape index (κ2) is 4.83. The third-order valence-electron chi connectivity index (χ3n) is 2.15. The summed E-state index contributed by atoms with van der Waals surface area (Å²) in [5.74, 6) is 0.227. The zero-order valence-corrected chi connectivity index (χ0v) is 10.7. The number of nitrogens with zero attached hydrogens (tertiary/aromatic N) is 1. The number of hydrogen-bond donors (Lipinski definition) is 2. The van der Waals surface area contributed by atoms with Crippen molar-refractivity contribution in [2.45, 2.75) is 4.90 Å². The van der Waals surface area contributed by atoms with Gasteiger partial charge in [0.25, 0.3) is 10.0 Å². The number of rotatable bonds is 3. The lowest BCUT2D eigenvalue weighted by Crippen LogP contribution is -2.14. The highest BCUT2D eigenvalue weighted by molar-refractivity contribution is 7.92. The Bertz CT molecular complexity index is 659. The molecule has 0 bridgehead atoms. The number of benzene rings is 1. The maximum absolute atomic E-state index is 12.1. The normalized spacial score (nSPS) is 11.2. The molecular weight excluding hydrogens is 274 g/mol. The Morgan fingerprint density at radius 2 is 2.00 bits per heavy atom. The van der Waals surface area contributed by atoms with E-state index >= 15 is 0 Å². The van der Waals surface area contributed by atoms with E-state index in [1.54, 1.807) is 18.2 Å². The van der Waals surface area contributed by atoms with Crippen LogP contribution in [0.4, 0.5) is 11.5 Å². The summed E-state index contributed by atoms with van der Waals surface area (Å²) in [6.45, 7) is 0. The van der Waals surface area contributed by atoms with Crippen LogP contribution in [0.15, 0.2) is 47.5 Å². The number of halogens is 1. The second-order valence-electron chi connectivity index (χ2n) is 3.51. The lowest BCUT2D eigenvalue weighted by Gasteiger charge is -2.08. The fraction of sp³-hybridized carbons (Fsp3) is 0. The van der Waals surface area contributed by atoms with E-state index in [9.17, 15) is 8.42 Å². The summed E-state index contributed by atoms with van der Waals surface area (Å²) in [6.07, 6.45) is 1.49. The van der Waals surface area contributed by atoms with Crippen molar-refractivity contribution in [1.29, 1.82) is 0 Å². The van der Waals surface area contributed by atoms with Crippen LogP contribution in [0.3, 0.4) is 0 Å². The molecule has 0 atom stereocenters. The molecule has 5 nitrogen and oxygen atoms in total. The van der Waals surface area contributed by atoms with Crippen LogP contribution in [0.5, 0.6) is 0 Å². The first-order valence-corrected chi connectivity index (χ1v) is 6.84. The minimum atomic E-state index is -3.76. The minimum absolute atomic E-state index is 0.0379. The number of aromatic nitrogens is 1. The molecule has 0 aliphatic carbocycles. The van der Waals surface area contributed by atoms with Gasteiger partial charge in [-0.3, -0.25) is 4.72 Å². The number of nitrogens with two attached hydrogens (primary N) is 1. The molecule has 3 N–H and O–H groups in total. The fourth-order valence-electron chi connectivity index (χ4n) is 1.35. The number of anilines is 2. The van der Waals surface area contributed by atoms with E-state index in [2.05, 4.69) is 9.71 Å². The first-order chi connectivity index (χ1) is 8.49. The van der Waals surface area contributed by atoms with Crippen molar-refractivity contribution in [3.05, 3.63) is 47.6 Å². The molecule has 2 aromatic rings. The molecule has 18 heavy (non-hydrogen) atoms.